The Labute approximate surface area is 126 Å². The van der Waals surface area contributed by atoms with Crippen molar-refractivity contribution in [1.29, 1.82) is 0 Å². The van der Waals surface area contributed by atoms with Gasteiger partial charge in [-0.1, -0.05) is 0 Å². The molecule has 0 spiro atoms. The minimum absolute atomic E-state index is 0.552. The molecule has 1 N–H and O–H groups in total. The molecule has 2 rings (SSSR count). The van der Waals surface area contributed by atoms with Crippen LogP contribution in [0.4, 0.5) is 0 Å². The van der Waals surface area contributed by atoms with E-state index in [4.69, 9.17) is 9.47 Å². The molecule has 20 heavy (non-hydrogen) atoms. The molecule has 1 atom stereocenters. The Morgan fingerprint density at radius 1 is 1.30 bits per heavy atom. The van der Waals surface area contributed by atoms with E-state index in [1.807, 2.05) is 13.0 Å². The minimum Gasteiger partial charge on any atom is -0.495 e. The zero-order chi connectivity index (χ0) is 14.9. The quantitative estimate of drug-likeness (QED) is 0.929. The number of aliphatic hydroxyl groups is 1. The lowest BCUT2D eigenvalue weighted by molar-refractivity contribution is 0.204. The van der Waals surface area contributed by atoms with Crippen LogP contribution in [0.25, 0.3) is 0 Å². The second kappa shape index (κ2) is 5.85. The van der Waals surface area contributed by atoms with Gasteiger partial charge in [0, 0.05) is 12.6 Å². The van der Waals surface area contributed by atoms with Gasteiger partial charge in [0.25, 0.3) is 0 Å². The molecule has 6 heteroatoms. The zero-order valence-electron chi connectivity index (χ0n) is 11.8. The highest BCUT2D eigenvalue weighted by molar-refractivity contribution is 9.10. The van der Waals surface area contributed by atoms with Gasteiger partial charge in [0.15, 0.2) is 0 Å². The SMILES string of the molecule is COc1ccc(C(O)c2cc(C)nn2C)c(OC)c1Br. The Bertz CT molecular complexity index is 625. The number of aryl methyl sites for hydroxylation is 2. The molecule has 0 aliphatic carbocycles. The second-order valence-electron chi connectivity index (χ2n) is 4.44. The first-order valence-corrected chi connectivity index (χ1v) is 6.87. The predicted molar refractivity (Wildman–Crippen MR) is 79.3 cm³/mol. The number of hydrogen-bond acceptors (Lipinski definition) is 4. The molecule has 0 amide bonds. The van der Waals surface area contributed by atoms with Gasteiger partial charge in [0.2, 0.25) is 0 Å². The topological polar surface area (TPSA) is 56.5 Å². The molecule has 0 aliphatic heterocycles. The largest absolute Gasteiger partial charge is 0.495 e. The molecule has 2 aromatic rings. The highest BCUT2D eigenvalue weighted by atomic mass is 79.9. The van der Waals surface area contributed by atoms with Crippen molar-refractivity contribution in [2.45, 2.75) is 13.0 Å². The molecule has 1 aromatic heterocycles. The van der Waals surface area contributed by atoms with Gasteiger partial charge in [-0.15, -0.1) is 0 Å². The summed E-state index contributed by atoms with van der Waals surface area (Å²) in [6.45, 7) is 1.89. The van der Waals surface area contributed by atoms with Crippen LogP contribution in [0.3, 0.4) is 0 Å². The van der Waals surface area contributed by atoms with E-state index in [9.17, 15) is 5.11 Å². The van der Waals surface area contributed by atoms with Crippen LogP contribution in [0, 0.1) is 6.92 Å². The minimum atomic E-state index is -0.821. The summed E-state index contributed by atoms with van der Waals surface area (Å²) in [6.07, 6.45) is -0.821. The van der Waals surface area contributed by atoms with Gasteiger partial charge in [-0.2, -0.15) is 5.10 Å². The van der Waals surface area contributed by atoms with E-state index in [-0.39, 0.29) is 0 Å². The van der Waals surface area contributed by atoms with Gasteiger partial charge >= 0.3 is 0 Å². The Morgan fingerprint density at radius 2 is 2.00 bits per heavy atom. The molecular weight excluding hydrogens is 324 g/mol. The van der Waals surface area contributed by atoms with Crippen molar-refractivity contribution in [3.05, 3.63) is 39.6 Å². The van der Waals surface area contributed by atoms with Gasteiger partial charge in [-0.3, -0.25) is 4.68 Å². The average molecular weight is 341 g/mol. The molecule has 1 unspecified atom stereocenters. The van der Waals surface area contributed by atoms with Crippen LogP contribution < -0.4 is 9.47 Å². The molecule has 5 nitrogen and oxygen atoms in total. The maximum atomic E-state index is 10.6. The number of nitrogens with zero attached hydrogens (tertiary/aromatic N) is 2. The summed E-state index contributed by atoms with van der Waals surface area (Å²) < 4.78 is 13.0. The summed E-state index contributed by atoms with van der Waals surface area (Å²) in [7, 11) is 4.95. The summed E-state index contributed by atoms with van der Waals surface area (Å²) in [5.74, 6) is 1.20. The lowest BCUT2D eigenvalue weighted by Gasteiger charge is -2.17. The molecular formula is C14H17BrN2O3. The molecule has 1 aromatic carbocycles. The van der Waals surface area contributed by atoms with Crippen LogP contribution in [0.2, 0.25) is 0 Å². The van der Waals surface area contributed by atoms with Crippen molar-refractivity contribution in [2.75, 3.05) is 14.2 Å². The van der Waals surface area contributed by atoms with E-state index in [0.29, 0.717) is 27.2 Å². The zero-order valence-corrected chi connectivity index (χ0v) is 13.4. The maximum absolute atomic E-state index is 10.6. The van der Waals surface area contributed by atoms with Crippen LogP contribution in [-0.4, -0.2) is 29.1 Å². The standard InChI is InChI=1S/C14H17BrN2O3/c1-8-7-10(17(2)16-8)13(18)9-5-6-11(19-3)12(15)14(9)20-4/h5-7,13,18H,1-4H3. The predicted octanol–water partition coefficient (Wildman–Crippen LogP) is 2.59. The lowest BCUT2D eigenvalue weighted by Crippen LogP contribution is -2.08. The monoisotopic (exact) mass is 340 g/mol. The summed E-state index contributed by atoms with van der Waals surface area (Å²) in [5, 5.41) is 14.8. The third kappa shape index (κ3) is 2.53. The molecule has 0 aliphatic rings. The van der Waals surface area contributed by atoms with Gasteiger partial charge in [-0.05, 0) is 41.1 Å². The lowest BCUT2D eigenvalue weighted by atomic mass is 10.0. The first kappa shape index (κ1) is 14.9. The average Bonchev–Trinajstić information content (AvgIpc) is 2.76. The van der Waals surface area contributed by atoms with E-state index in [2.05, 4.69) is 21.0 Å². The summed E-state index contributed by atoms with van der Waals surface area (Å²) in [6, 6.07) is 5.42. The normalized spacial score (nSPS) is 12.3. The van der Waals surface area contributed by atoms with E-state index in [1.54, 1.807) is 38.1 Å². The number of methoxy groups -OCH3 is 2. The molecule has 0 saturated carbocycles. The number of hydrogen-bond donors (Lipinski definition) is 1. The number of halogens is 1. The fourth-order valence-electron chi connectivity index (χ4n) is 2.18. The van der Waals surface area contributed by atoms with E-state index in [0.717, 1.165) is 5.69 Å². The van der Waals surface area contributed by atoms with Crippen LogP contribution in [0.15, 0.2) is 22.7 Å². The number of aromatic nitrogens is 2. The first-order valence-electron chi connectivity index (χ1n) is 6.08. The molecule has 0 fully saturated rings. The van der Waals surface area contributed by atoms with Gasteiger partial charge < -0.3 is 14.6 Å². The van der Waals surface area contributed by atoms with Crippen molar-refractivity contribution in [2.24, 2.45) is 7.05 Å². The summed E-state index contributed by atoms with van der Waals surface area (Å²) in [4.78, 5) is 0. The van der Waals surface area contributed by atoms with Gasteiger partial charge in [0.05, 0.1) is 25.6 Å². The second-order valence-corrected chi connectivity index (χ2v) is 5.23. The maximum Gasteiger partial charge on any atom is 0.143 e. The van der Waals surface area contributed by atoms with Crippen molar-refractivity contribution in [3.63, 3.8) is 0 Å². The molecule has 108 valence electrons. The van der Waals surface area contributed by atoms with Crippen molar-refractivity contribution >= 4 is 15.9 Å². The van der Waals surface area contributed by atoms with Gasteiger partial charge in [0.1, 0.15) is 22.1 Å². The Kier molecular flexibility index (Phi) is 4.35. The number of rotatable bonds is 4. The molecule has 1 heterocycles. The van der Waals surface area contributed by atoms with E-state index < -0.39 is 6.10 Å². The van der Waals surface area contributed by atoms with Crippen LogP contribution >= 0.6 is 15.9 Å². The highest BCUT2D eigenvalue weighted by Crippen LogP contribution is 2.41. The third-order valence-corrected chi connectivity index (χ3v) is 3.88. The molecule has 0 bridgehead atoms. The summed E-state index contributed by atoms with van der Waals surface area (Å²) in [5.41, 5.74) is 2.22. The van der Waals surface area contributed by atoms with Crippen LogP contribution in [0.1, 0.15) is 23.1 Å². The van der Waals surface area contributed by atoms with Crippen molar-refractivity contribution in [1.82, 2.24) is 9.78 Å². The van der Waals surface area contributed by atoms with Crippen LogP contribution in [0.5, 0.6) is 11.5 Å². The smallest absolute Gasteiger partial charge is 0.143 e. The Balaban J connectivity index is 2.52. The Hall–Kier alpha value is -1.53. The van der Waals surface area contributed by atoms with E-state index in [1.165, 1.54) is 0 Å². The fraction of sp³-hybridized carbons (Fsp3) is 0.357. The summed E-state index contributed by atoms with van der Waals surface area (Å²) >= 11 is 3.43. The highest BCUT2D eigenvalue weighted by Gasteiger charge is 2.22. The molecule has 0 radical (unpaired) electrons. The number of benzene rings is 1. The van der Waals surface area contributed by atoms with E-state index >= 15 is 0 Å². The van der Waals surface area contributed by atoms with Crippen LogP contribution in [-0.2, 0) is 7.05 Å². The number of ether oxygens (including phenoxy) is 2. The number of aliphatic hydroxyl groups excluding tert-OH is 1. The molecule has 0 saturated heterocycles. The Morgan fingerprint density at radius 3 is 2.50 bits per heavy atom. The van der Waals surface area contributed by atoms with Crippen molar-refractivity contribution in [3.8, 4) is 11.5 Å². The first-order chi connectivity index (χ1) is 9.49. The van der Waals surface area contributed by atoms with Crippen molar-refractivity contribution < 1.29 is 14.6 Å². The van der Waals surface area contributed by atoms with Gasteiger partial charge in [-0.25, -0.2) is 0 Å². The fourth-order valence-corrected chi connectivity index (χ4v) is 2.86. The third-order valence-electron chi connectivity index (χ3n) is 3.13.